The minimum atomic E-state index is -1.17. The van der Waals surface area contributed by atoms with Crippen LogP contribution < -0.4 is 0 Å². The summed E-state index contributed by atoms with van der Waals surface area (Å²) in [7, 11) is 2.82. The van der Waals surface area contributed by atoms with Gasteiger partial charge < -0.3 is 5.11 Å². The molecule has 0 fully saturated rings. The van der Waals surface area contributed by atoms with Crippen LogP contribution in [-0.2, 0) is 9.63 Å². The highest BCUT2D eigenvalue weighted by Gasteiger charge is 2.20. The van der Waals surface area contributed by atoms with E-state index in [1.165, 1.54) is 14.2 Å². The van der Waals surface area contributed by atoms with Gasteiger partial charge in [0.25, 0.3) is 5.91 Å². The van der Waals surface area contributed by atoms with Crippen molar-refractivity contribution < 1.29 is 14.7 Å². The van der Waals surface area contributed by atoms with Crippen molar-refractivity contribution in [1.29, 1.82) is 0 Å². The number of amides is 1. The monoisotopic (exact) mass is 195 g/mol. The van der Waals surface area contributed by atoms with Gasteiger partial charge >= 0.3 is 0 Å². The normalized spacial score (nSPS) is 12.2. The molecule has 1 aromatic rings. The van der Waals surface area contributed by atoms with Gasteiger partial charge in [-0.25, -0.2) is 5.06 Å². The summed E-state index contributed by atoms with van der Waals surface area (Å²) in [6.07, 6.45) is -1.17. The molecule has 4 nitrogen and oxygen atoms in total. The molecule has 0 saturated heterocycles. The first-order chi connectivity index (χ1) is 6.66. The molecule has 1 atom stereocenters. The third kappa shape index (κ3) is 2.31. The van der Waals surface area contributed by atoms with Gasteiger partial charge in [0, 0.05) is 7.05 Å². The van der Waals surface area contributed by atoms with E-state index >= 15 is 0 Å². The molecule has 14 heavy (non-hydrogen) atoms. The fourth-order valence-electron chi connectivity index (χ4n) is 1.04. The predicted molar refractivity (Wildman–Crippen MR) is 51.2 cm³/mol. The number of aliphatic hydroxyl groups excluding tert-OH is 1. The van der Waals surface area contributed by atoms with Crippen molar-refractivity contribution in [3.8, 4) is 0 Å². The van der Waals surface area contributed by atoms with E-state index in [0.29, 0.717) is 5.56 Å². The molecule has 0 aromatic heterocycles. The lowest BCUT2D eigenvalue weighted by molar-refractivity contribution is -0.178. The molecule has 4 heteroatoms. The molecule has 0 bridgehead atoms. The molecule has 0 unspecified atom stereocenters. The van der Waals surface area contributed by atoms with Crippen LogP contribution in [0.3, 0.4) is 0 Å². The van der Waals surface area contributed by atoms with Crippen molar-refractivity contribution in [2.24, 2.45) is 0 Å². The van der Waals surface area contributed by atoms with Crippen LogP contribution in [0.25, 0.3) is 0 Å². The van der Waals surface area contributed by atoms with Gasteiger partial charge in [0.2, 0.25) is 0 Å². The minimum Gasteiger partial charge on any atom is -0.378 e. The second-order valence-electron chi connectivity index (χ2n) is 2.83. The highest BCUT2D eigenvalue weighted by Crippen LogP contribution is 2.14. The molecule has 1 N–H and O–H groups in total. The number of likely N-dealkylation sites (N-methyl/N-ethyl adjacent to an activating group) is 1. The third-order valence-electron chi connectivity index (χ3n) is 1.93. The van der Waals surface area contributed by atoms with E-state index in [2.05, 4.69) is 4.84 Å². The summed E-state index contributed by atoms with van der Waals surface area (Å²) in [6, 6.07) is 8.72. The Morgan fingerprint density at radius 2 is 2.00 bits per heavy atom. The van der Waals surface area contributed by atoms with E-state index in [4.69, 9.17) is 0 Å². The van der Waals surface area contributed by atoms with Gasteiger partial charge in [-0.3, -0.25) is 9.63 Å². The number of hydroxylamine groups is 2. The molecule has 0 aliphatic heterocycles. The van der Waals surface area contributed by atoms with E-state index in [1.54, 1.807) is 24.3 Å². The van der Waals surface area contributed by atoms with Crippen molar-refractivity contribution in [1.82, 2.24) is 5.06 Å². The molecular formula is C10H13NO3. The maximum absolute atomic E-state index is 11.4. The summed E-state index contributed by atoms with van der Waals surface area (Å²) < 4.78 is 0. The molecule has 0 spiro atoms. The molecule has 1 aromatic carbocycles. The Bertz CT molecular complexity index is 299. The van der Waals surface area contributed by atoms with Crippen LogP contribution in [-0.4, -0.2) is 30.2 Å². The van der Waals surface area contributed by atoms with Crippen molar-refractivity contribution in [3.63, 3.8) is 0 Å². The average molecular weight is 195 g/mol. The number of benzene rings is 1. The number of nitrogens with zero attached hydrogens (tertiary/aromatic N) is 1. The van der Waals surface area contributed by atoms with Crippen LogP contribution in [0.1, 0.15) is 11.7 Å². The van der Waals surface area contributed by atoms with Gasteiger partial charge in [-0.1, -0.05) is 30.3 Å². The van der Waals surface area contributed by atoms with Crippen molar-refractivity contribution in [3.05, 3.63) is 35.9 Å². The maximum atomic E-state index is 11.4. The Kier molecular flexibility index (Phi) is 3.62. The van der Waals surface area contributed by atoms with Gasteiger partial charge in [0.05, 0.1) is 7.11 Å². The number of hydrogen-bond donors (Lipinski definition) is 1. The zero-order valence-electron chi connectivity index (χ0n) is 8.18. The van der Waals surface area contributed by atoms with E-state index in [-0.39, 0.29) is 0 Å². The van der Waals surface area contributed by atoms with Crippen LogP contribution >= 0.6 is 0 Å². The highest BCUT2D eigenvalue weighted by atomic mass is 16.7. The number of carbonyl (C=O) groups excluding carboxylic acids is 1. The Labute approximate surface area is 82.7 Å². The Hall–Kier alpha value is -1.39. The van der Waals surface area contributed by atoms with Crippen LogP contribution in [0.4, 0.5) is 0 Å². The number of aliphatic hydroxyl groups is 1. The number of rotatable bonds is 3. The molecular weight excluding hydrogens is 182 g/mol. The first-order valence-corrected chi connectivity index (χ1v) is 4.21. The van der Waals surface area contributed by atoms with Crippen LogP contribution in [0.5, 0.6) is 0 Å². The van der Waals surface area contributed by atoms with Gasteiger partial charge in [-0.05, 0) is 5.56 Å². The van der Waals surface area contributed by atoms with E-state index < -0.39 is 12.0 Å². The summed E-state index contributed by atoms with van der Waals surface area (Å²) in [5.74, 6) is -0.487. The molecule has 76 valence electrons. The Morgan fingerprint density at radius 3 is 2.50 bits per heavy atom. The van der Waals surface area contributed by atoms with Crippen molar-refractivity contribution in [2.45, 2.75) is 6.10 Å². The minimum absolute atomic E-state index is 0.487. The second kappa shape index (κ2) is 4.74. The number of carbonyl (C=O) groups is 1. The fourth-order valence-corrected chi connectivity index (χ4v) is 1.04. The summed E-state index contributed by atoms with van der Waals surface area (Å²) >= 11 is 0. The van der Waals surface area contributed by atoms with Gasteiger partial charge in [0.1, 0.15) is 0 Å². The topological polar surface area (TPSA) is 49.8 Å². The quantitative estimate of drug-likeness (QED) is 0.724. The molecule has 0 saturated carbocycles. The molecule has 0 aliphatic carbocycles. The number of hydrogen-bond acceptors (Lipinski definition) is 3. The van der Waals surface area contributed by atoms with Crippen LogP contribution in [0.15, 0.2) is 30.3 Å². The third-order valence-corrected chi connectivity index (χ3v) is 1.93. The largest absolute Gasteiger partial charge is 0.378 e. The summed E-state index contributed by atoms with van der Waals surface area (Å²) in [5.41, 5.74) is 0.557. The van der Waals surface area contributed by atoms with Crippen molar-refractivity contribution >= 4 is 5.91 Å². The van der Waals surface area contributed by atoms with Crippen LogP contribution in [0, 0.1) is 0 Å². The lowest BCUT2D eigenvalue weighted by atomic mass is 10.1. The van der Waals surface area contributed by atoms with Gasteiger partial charge in [-0.2, -0.15) is 0 Å². The van der Waals surface area contributed by atoms with Crippen LogP contribution in [0.2, 0.25) is 0 Å². The Balaban J connectivity index is 2.76. The highest BCUT2D eigenvalue weighted by molar-refractivity contribution is 5.80. The lowest BCUT2D eigenvalue weighted by Gasteiger charge is -2.17. The zero-order valence-corrected chi connectivity index (χ0v) is 8.18. The maximum Gasteiger partial charge on any atom is 0.279 e. The molecule has 0 heterocycles. The predicted octanol–water partition coefficient (Wildman–Crippen LogP) is 0.740. The zero-order chi connectivity index (χ0) is 10.6. The lowest BCUT2D eigenvalue weighted by Crippen LogP contribution is -2.30. The SMILES string of the molecule is CON(C)C(=O)[C@H](O)c1ccccc1. The average Bonchev–Trinajstić information content (AvgIpc) is 2.27. The summed E-state index contributed by atoms with van der Waals surface area (Å²) in [6.45, 7) is 0. The fraction of sp³-hybridized carbons (Fsp3) is 0.300. The summed E-state index contributed by atoms with van der Waals surface area (Å²) in [5, 5.41) is 10.6. The summed E-state index contributed by atoms with van der Waals surface area (Å²) in [4.78, 5) is 16.1. The molecule has 1 rings (SSSR count). The Morgan fingerprint density at radius 1 is 1.43 bits per heavy atom. The van der Waals surface area contributed by atoms with Crippen molar-refractivity contribution in [2.75, 3.05) is 14.2 Å². The van der Waals surface area contributed by atoms with Gasteiger partial charge in [0.15, 0.2) is 6.10 Å². The molecule has 0 aliphatic rings. The van der Waals surface area contributed by atoms with E-state index in [0.717, 1.165) is 5.06 Å². The second-order valence-corrected chi connectivity index (χ2v) is 2.83. The molecule has 0 radical (unpaired) electrons. The standard InChI is InChI=1S/C10H13NO3/c1-11(14-2)10(13)9(12)8-6-4-3-5-7-8/h3-7,9,12H,1-2H3/t9-/m1/s1. The smallest absolute Gasteiger partial charge is 0.279 e. The molecule has 1 amide bonds. The first-order valence-electron chi connectivity index (χ1n) is 4.21. The first kappa shape index (κ1) is 10.7. The van der Waals surface area contributed by atoms with E-state index in [1.807, 2.05) is 6.07 Å². The van der Waals surface area contributed by atoms with Gasteiger partial charge in [-0.15, -0.1) is 0 Å². The van der Waals surface area contributed by atoms with E-state index in [9.17, 15) is 9.90 Å².